The van der Waals surface area contributed by atoms with Crippen molar-refractivity contribution in [2.24, 2.45) is 0 Å². The van der Waals surface area contributed by atoms with Crippen LogP contribution in [0.1, 0.15) is 25.8 Å². The molecular weight excluding hydrogens is 511 g/mol. The molecule has 0 bridgehead atoms. The Labute approximate surface area is 210 Å². The zero-order chi connectivity index (χ0) is 24.9. The lowest BCUT2D eigenvalue weighted by molar-refractivity contribution is 0.102. The summed E-state index contributed by atoms with van der Waals surface area (Å²) in [5, 5.41) is 1.74. The molecular formula is C24H23O8PS2. The molecule has 2 heterocycles. The summed E-state index contributed by atoms with van der Waals surface area (Å²) in [7, 11) is 0.845. The number of ether oxygens (including phenoxy) is 4. The van der Waals surface area contributed by atoms with Crippen molar-refractivity contribution in [3.05, 3.63) is 46.2 Å². The van der Waals surface area contributed by atoms with Crippen LogP contribution in [0.4, 0.5) is 0 Å². The van der Waals surface area contributed by atoms with E-state index in [1.54, 1.807) is 32.4 Å². The van der Waals surface area contributed by atoms with E-state index in [4.69, 9.17) is 28.7 Å². The molecule has 0 fully saturated rings. The van der Waals surface area contributed by atoms with Gasteiger partial charge in [-0.25, -0.2) is 0 Å². The number of carbonyl (C=O) groups excluding carboxylic acids is 2. The summed E-state index contributed by atoms with van der Waals surface area (Å²) in [6.07, 6.45) is 1.14. The number of fused-ring (bicyclic) bond motifs is 2. The summed E-state index contributed by atoms with van der Waals surface area (Å²) in [6.45, 7) is 0.759. The first-order valence-electron chi connectivity index (χ1n) is 10.5. The van der Waals surface area contributed by atoms with E-state index in [1.165, 1.54) is 22.7 Å². The number of benzene rings is 2. The van der Waals surface area contributed by atoms with Crippen molar-refractivity contribution in [2.75, 3.05) is 33.6 Å². The van der Waals surface area contributed by atoms with Crippen molar-refractivity contribution in [2.45, 2.75) is 6.42 Å². The first-order valence-corrected chi connectivity index (χ1v) is 13.6. The lowest BCUT2D eigenvalue weighted by atomic mass is 10.2. The molecule has 0 saturated heterocycles. The van der Waals surface area contributed by atoms with E-state index in [-0.39, 0.29) is 11.9 Å². The maximum absolute atomic E-state index is 12.2. The third-order valence-electron chi connectivity index (χ3n) is 5.10. The minimum atomic E-state index is -2.27. The van der Waals surface area contributed by atoms with Gasteiger partial charge in [0.25, 0.3) is 0 Å². The molecule has 11 heteroatoms. The first kappa shape index (κ1) is 25.3. The van der Waals surface area contributed by atoms with Gasteiger partial charge >= 0.3 is 0 Å². The highest BCUT2D eigenvalue weighted by Gasteiger charge is 2.17. The predicted molar refractivity (Wildman–Crippen MR) is 138 cm³/mol. The van der Waals surface area contributed by atoms with E-state index in [9.17, 15) is 9.59 Å². The summed E-state index contributed by atoms with van der Waals surface area (Å²) in [5.74, 6) is 1.98. The van der Waals surface area contributed by atoms with Crippen molar-refractivity contribution in [3.63, 3.8) is 0 Å². The lowest BCUT2D eigenvalue weighted by Crippen LogP contribution is -2.06. The molecule has 2 aromatic carbocycles. The number of thiophene rings is 2. The van der Waals surface area contributed by atoms with Gasteiger partial charge in [0.1, 0.15) is 0 Å². The van der Waals surface area contributed by atoms with Crippen molar-refractivity contribution < 1.29 is 38.3 Å². The second kappa shape index (κ2) is 11.3. The smallest absolute Gasteiger partial charge is 0.181 e. The van der Waals surface area contributed by atoms with Gasteiger partial charge in [0, 0.05) is 28.0 Å². The largest absolute Gasteiger partial charge is 0.493 e. The summed E-state index contributed by atoms with van der Waals surface area (Å²) in [5.41, 5.74) is 0. The van der Waals surface area contributed by atoms with Gasteiger partial charge in [-0.1, -0.05) is 0 Å². The van der Waals surface area contributed by atoms with E-state index in [0.29, 0.717) is 52.4 Å². The highest BCUT2D eigenvalue weighted by Crippen LogP contribution is 2.38. The average molecular weight is 535 g/mol. The second-order valence-electron chi connectivity index (χ2n) is 7.46. The zero-order valence-electron chi connectivity index (χ0n) is 19.0. The Morgan fingerprint density at radius 3 is 1.97 bits per heavy atom. The molecule has 0 aliphatic rings. The maximum Gasteiger partial charge on any atom is 0.181 e. The Bertz CT molecular complexity index is 1360. The molecule has 0 aliphatic heterocycles. The number of Topliss-reactive ketones (excluding diaryl/α,β-unsaturated/α-hetero) is 1. The van der Waals surface area contributed by atoms with Gasteiger partial charge in [0.2, 0.25) is 0 Å². The normalized spacial score (nSPS) is 11.2. The van der Waals surface area contributed by atoms with Crippen LogP contribution in [0.5, 0.6) is 23.0 Å². The molecule has 0 aliphatic carbocycles. The van der Waals surface area contributed by atoms with Gasteiger partial charge in [-0.05, 0) is 35.0 Å². The number of ketones is 1. The quantitative estimate of drug-likeness (QED) is 0.109. The van der Waals surface area contributed by atoms with E-state index in [2.05, 4.69) is 0 Å². The number of aldehydes is 1. The Balaban J connectivity index is 1.39. The lowest BCUT2D eigenvalue weighted by Gasteiger charge is -2.13. The predicted octanol–water partition coefficient (Wildman–Crippen LogP) is 5.27. The average Bonchev–Trinajstić information content (AvgIpc) is 3.45. The standard InChI is InChI=1S/C24H23O8PS2/c1-29-18-10-22-14(6-16(12-25)34-22)7-20(18)31-4-3-5-32-21-8-15-9-24(17(26)13-33(27)28)35-23(15)11-19(21)30-2/h6-12,27-28H,3-5,13H2,1-2H3. The second-order valence-corrected chi connectivity index (χ2v) is 10.7. The number of carbonyl (C=O) groups is 2. The van der Waals surface area contributed by atoms with Crippen LogP contribution in [0.15, 0.2) is 36.4 Å². The van der Waals surface area contributed by atoms with Crippen molar-refractivity contribution in [1.29, 1.82) is 0 Å². The molecule has 0 unspecified atom stereocenters. The highest BCUT2D eigenvalue weighted by molar-refractivity contribution is 7.46. The fourth-order valence-electron chi connectivity index (χ4n) is 3.48. The summed E-state index contributed by atoms with van der Waals surface area (Å²) < 4.78 is 24.5. The van der Waals surface area contributed by atoms with Crippen molar-refractivity contribution in [3.8, 4) is 23.0 Å². The minimum absolute atomic E-state index is 0.287. The molecule has 184 valence electrons. The zero-order valence-corrected chi connectivity index (χ0v) is 21.5. The van der Waals surface area contributed by atoms with Crippen molar-refractivity contribution in [1.82, 2.24) is 0 Å². The third kappa shape index (κ3) is 5.91. The molecule has 0 saturated carbocycles. The van der Waals surface area contributed by atoms with Crippen LogP contribution in [-0.4, -0.2) is 55.5 Å². The van der Waals surface area contributed by atoms with E-state index in [1.807, 2.05) is 18.2 Å². The fourth-order valence-corrected chi connectivity index (χ4v) is 5.92. The number of hydrogen-bond donors (Lipinski definition) is 2. The Hall–Kier alpha value is -2.75. The van der Waals surface area contributed by atoms with Gasteiger partial charge in [0.15, 0.2) is 43.4 Å². The molecule has 8 nitrogen and oxygen atoms in total. The molecule has 2 aromatic heterocycles. The molecule has 0 atom stereocenters. The van der Waals surface area contributed by atoms with E-state index < -0.39 is 8.38 Å². The summed E-state index contributed by atoms with van der Waals surface area (Å²) in [4.78, 5) is 42.6. The van der Waals surface area contributed by atoms with Crippen LogP contribution < -0.4 is 18.9 Å². The molecule has 4 rings (SSSR count). The Morgan fingerprint density at radius 1 is 0.857 bits per heavy atom. The molecule has 2 N–H and O–H groups in total. The summed E-state index contributed by atoms with van der Waals surface area (Å²) >= 11 is 2.67. The fraction of sp³-hybridized carbons (Fsp3) is 0.250. The number of hydrogen-bond acceptors (Lipinski definition) is 10. The van der Waals surface area contributed by atoms with E-state index >= 15 is 0 Å². The van der Waals surface area contributed by atoms with Gasteiger partial charge in [0.05, 0.1) is 43.3 Å². The van der Waals surface area contributed by atoms with E-state index in [0.717, 1.165) is 26.5 Å². The maximum atomic E-state index is 12.2. The van der Waals surface area contributed by atoms with Crippen LogP contribution in [0.2, 0.25) is 0 Å². The number of rotatable bonds is 12. The molecule has 0 spiro atoms. The van der Waals surface area contributed by atoms with Gasteiger partial charge in [-0.15, -0.1) is 22.7 Å². The monoisotopic (exact) mass is 534 g/mol. The Morgan fingerprint density at radius 2 is 1.43 bits per heavy atom. The summed E-state index contributed by atoms with van der Waals surface area (Å²) in [6, 6.07) is 10.9. The van der Waals surface area contributed by atoms with Gasteiger partial charge in [-0.2, -0.15) is 0 Å². The Kier molecular flexibility index (Phi) is 8.20. The van der Waals surface area contributed by atoms with Crippen LogP contribution >= 0.6 is 31.0 Å². The highest BCUT2D eigenvalue weighted by atomic mass is 32.1. The van der Waals surface area contributed by atoms with Crippen molar-refractivity contribution >= 4 is 63.3 Å². The molecule has 0 radical (unpaired) electrons. The first-order chi connectivity index (χ1) is 16.9. The van der Waals surface area contributed by atoms with Crippen LogP contribution in [0.3, 0.4) is 0 Å². The molecule has 0 amide bonds. The van der Waals surface area contributed by atoms with Crippen LogP contribution in [0, 0.1) is 0 Å². The third-order valence-corrected chi connectivity index (χ3v) is 7.84. The van der Waals surface area contributed by atoms with Crippen LogP contribution in [-0.2, 0) is 0 Å². The SMILES string of the molecule is COc1cc2sc(C=O)cc2cc1OCCCOc1cc2cc(C(=O)CP(O)O)sc2cc1OC. The molecule has 35 heavy (non-hydrogen) atoms. The van der Waals surface area contributed by atoms with Gasteiger partial charge < -0.3 is 28.7 Å². The molecule has 4 aromatic rings. The number of methoxy groups -OCH3 is 2. The topological polar surface area (TPSA) is 112 Å². The van der Waals surface area contributed by atoms with Crippen LogP contribution in [0.25, 0.3) is 20.2 Å². The van der Waals surface area contributed by atoms with Gasteiger partial charge in [-0.3, -0.25) is 9.59 Å². The minimum Gasteiger partial charge on any atom is -0.493 e.